The smallest absolute Gasteiger partial charge is 0.287 e. The van der Waals surface area contributed by atoms with Crippen LogP contribution in [0.4, 0.5) is 0 Å². The highest BCUT2D eigenvalue weighted by Crippen LogP contribution is 2.39. The maximum Gasteiger partial charge on any atom is 0.287 e. The number of carbonyl (C=O) groups excluding carboxylic acids is 1. The molecule has 15 heavy (non-hydrogen) atoms. The zero-order valence-electron chi connectivity index (χ0n) is 8.99. The molecule has 1 heterocycles. The number of nitrogens with two attached hydrogens (primary N) is 1. The fourth-order valence-electron chi connectivity index (χ4n) is 1.84. The number of amides is 1. The maximum absolute atomic E-state index is 11.7. The third kappa shape index (κ3) is 1.65. The lowest BCUT2D eigenvalue weighted by Crippen LogP contribution is -2.64. The van der Waals surface area contributed by atoms with Gasteiger partial charge in [0.2, 0.25) is 0 Å². The molecule has 1 amide bonds. The number of nitrogens with one attached hydrogen (secondary N) is 1. The van der Waals surface area contributed by atoms with Crippen molar-refractivity contribution in [2.24, 2.45) is 11.1 Å². The lowest BCUT2D eigenvalue weighted by atomic mass is 9.63. The lowest BCUT2D eigenvalue weighted by molar-refractivity contribution is 0.0569. The molecule has 2 atom stereocenters. The van der Waals surface area contributed by atoms with Crippen molar-refractivity contribution < 1.29 is 9.21 Å². The van der Waals surface area contributed by atoms with Crippen LogP contribution in [0.1, 0.15) is 30.8 Å². The second-order valence-electron chi connectivity index (χ2n) is 4.67. The molecule has 1 aliphatic carbocycles. The Kier molecular flexibility index (Phi) is 2.31. The van der Waals surface area contributed by atoms with Gasteiger partial charge in [-0.05, 0) is 18.6 Å². The molecule has 2 unspecified atom stereocenters. The van der Waals surface area contributed by atoms with Crippen LogP contribution in [0, 0.1) is 5.41 Å². The molecule has 4 nitrogen and oxygen atoms in total. The van der Waals surface area contributed by atoms with Crippen LogP contribution in [-0.4, -0.2) is 18.0 Å². The van der Waals surface area contributed by atoms with E-state index < -0.39 is 0 Å². The number of furan rings is 1. The third-order valence-electron chi connectivity index (χ3n) is 3.39. The van der Waals surface area contributed by atoms with Crippen LogP contribution < -0.4 is 11.1 Å². The average molecular weight is 208 g/mol. The Morgan fingerprint density at radius 2 is 2.40 bits per heavy atom. The molecule has 0 aromatic carbocycles. The van der Waals surface area contributed by atoms with Crippen LogP contribution in [0.5, 0.6) is 0 Å². The Bertz CT molecular complexity index is 357. The average Bonchev–Trinajstić information content (AvgIpc) is 2.70. The van der Waals surface area contributed by atoms with Crippen LogP contribution >= 0.6 is 0 Å². The molecule has 4 heteroatoms. The summed E-state index contributed by atoms with van der Waals surface area (Å²) < 4.78 is 5.02. The molecule has 82 valence electrons. The summed E-state index contributed by atoms with van der Waals surface area (Å²) in [5, 5.41) is 2.93. The van der Waals surface area contributed by atoms with Gasteiger partial charge in [0, 0.05) is 17.5 Å². The minimum atomic E-state index is -0.162. The summed E-state index contributed by atoms with van der Waals surface area (Å²) in [6.07, 6.45) is 2.33. The summed E-state index contributed by atoms with van der Waals surface area (Å²) in [7, 11) is 0. The molecule has 0 aliphatic heterocycles. The molecule has 0 saturated heterocycles. The summed E-state index contributed by atoms with van der Waals surface area (Å²) in [6, 6.07) is 3.66. The minimum absolute atomic E-state index is 0.0255. The van der Waals surface area contributed by atoms with E-state index in [0.717, 1.165) is 6.42 Å². The molecular weight excluding hydrogens is 192 g/mol. The minimum Gasteiger partial charge on any atom is -0.459 e. The van der Waals surface area contributed by atoms with Crippen LogP contribution in [0.15, 0.2) is 22.8 Å². The van der Waals surface area contributed by atoms with Gasteiger partial charge in [-0.2, -0.15) is 0 Å². The molecule has 1 saturated carbocycles. The van der Waals surface area contributed by atoms with Gasteiger partial charge in [-0.1, -0.05) is 13.8 Å². The van der Waals surface area contributed by atoms with E-state index in [-0.39, 0.29) is 23.4 Å². The van der Waals surface area contributed by atoms with E-state index in [9.17, 15) is 4.79 Å². The first-order valence-corrected chi connectivity index (χ1v) is 5.12. The van der Waals surface area contributed by atoms with E-state index in [1.807, 2.05) is 0 Å². The summed E-state index contributed by atoms with van der Waals surface area (Å²) in [4.78, 5) is 11.7. The zero-order valence-corrected chi connectivity index (χ0v) is 8.99. The van der Waals surface area contributed by atoms with Crippen LogP contribution in [0.25, 0.3) is 0 Å². The first-order valence-electron chi connectivity index (χ1n) is 5.12. The van der Waals surface area contributed by atoms with E-state index in [0.29, 0.717) is 5.76 Å². The summed E-state index contributed by atoms with van der Waals surface area (Å²) in [5.74, 6) is 0.191. The topological polar surface area (TPSA) is 68.3 Å². The first-order chi connectivity index (χ1) is 7.01. The quantitative estimate of drug-likeness (QED) is 0.765. The van der Waals surface area contributed by atoms with Gasteiger partial charge in [-0.25, -0.2) is 0 Å². The van der Waals surface area contributed by atoms with E-state index in [1.54, 1.807) is 12.1 Å². The standard InChI is InChI=1S/C11H16N2O2/c1-11(2)8(12)6-9(11)13-10(14)7-4-3-5-15-7/h3-5,8-9H,6,12H2,1-2H3,(H,13,14). The van der Waals surface area contributed by atoms with Crippen molar-refractivity contribution in [3.63, 3.8) is 0 Å². The van der Waals surface area contributed by atoms with Gasteiger partial charge in [0.1, 0.15) is 0 Å². The SMILES string of the molecule is CC1(C)C(N)CC1NC(=O)c1ccco1. The van der Waals surface area contributed by atoms with E-state index in [1.165, 1.54) is 6.26 Å². The lowest BCUT2D eigenvalue weighted by Gasteiger charge is -2.50. The Morgan fingerprint density at radius 1 is 1.67 bits per heavy atom. The van der Waals surface area contributed by atoms with E-state index in [4.69, 9.17) is 10.2 Å². The predicted molar refractivity (Wildman–Crippen MR) is 56.3 cm³/mol. The monoisotopic (exact) mass is 208 g/mol. The fourth-order valence-corrected chi connectivity index (χ4v) is 1.84. The van der Waals surface area contributed by atoms with Gasteiger partial charge in [0.25, 0.3) is 5.91 Å². The van der Waals surface area contributed by atoms with Gasteiger partial charge in [-0.3, -0.25) is 4.79 Å². The largest absolute Gasteiger partial charge is 0.459 e. The van der Waals surface area contributed by atoms with Crippen LogP contribution in [0.2, 0.25) is 0 Å². The van der Waals surface area contributed by atoms with Crippen molar-refractivity contribution in [2.75, 3.05) is 0 Å². The second kappa shape index (κ2) is 3.38. The molecule has 0 radical (unpaired) electrons. The van der Waals surface area contributed by atoms with E-state index in [2.05, 4.69) is 19.2 Å². The van der Waals surface area contributed by atoms with Crippen molar-refractivity contribution in [2.45, 2.75) is 32.4 Å². The Balaban J connectivity index is 1.97. The van der Waals surface area contributed by atoms with Gasteiger partial charge in [-0.15, -0.1) is 0 Å². The molecule has 1 aliphatic rings. The number of hydrogen-bond donors (Lipinski definition) is 2. The molecule has 1 aromatic heterocycles. The summed E-state index contributed by atoms with van der Waals surface area (Å²) >= 11 is 0. The number of carbonyl (C=O) groups is 1. The second-order valence-corrected chi connectivity index (χ2v) is 4.67. The highest BCUT2D eigenvalue weighted by Gasteiger charge is 2.46. The molecular formula is C11H16N2O2. The predicted octanol–water partition coefficient (Wildman–Crippen LogP) is 1.14. The normalized spacial score (nSPS) is 28.2. The third-order valence-corrected chi connectivity index (χ3v) is 3.39. The Hall–Kier alpha value is -1.29. The van der Waals surface area contributed by atoms with Crippen molar-refractivity contribution >= 4 is 5.91 Å². The molecule has 0 spiro atoms. The number of hydrogen-bond acceptors (Lipinski definition) is 3. The zero-order chi connectivity index (χ0) is 11.1. The Labute approximate surface area is 88.8 Å². The molecule has 2 rings (SSSR count). The molecule has 1 aromatic rings. The van der Waals surface area contributed by atoms with Crippen molar-refractivity contribution in [3.8, 4) is 0 Å². The van der Waals surface area contributed by atoms with Crippen molar-refractivity contribution in [3.05, 3.63) is 24.2 Å². The summed E-state index contributed by atoms with van der Waals surface area (Å²) in [6.45, 7) is 4.13. The van der Waals surface area contributed by atoms with Gasteiger partial charge in [0.15, 0.2) is 5.76 Å². The fraction of sp³-hybridized carbons (Fsp3) is 0.545. The summed E-state index contributed by atoms with van der Waals surface area (Å²) in [5.41, 5.74) is 5.84. The first kappa shape index (κ1) is 10.2. The highest BCUT2D eigenvalue weighted by atomic mass is 16.3. The molecule has 1 fully saturated rings. The Morgan fingerprint density at radius 3 is 2.87 bits per heavy atom. The van der Waals surface area contributed by atoms with Gasteiger partial charge < -0.3 is 15.5 Å². The van der Waals surface area contributed by atoms with Crippen LogP contribution in [0.3, 0.4) is 0 Å². The number of rotatable bonds is 2. The molecule has 0 bridgehead atoms. The van der Waals surface area contributed by atoms with Crippen LogP contribution in [-0.2, 0) is 0 Å². The highest BCUT2D eigenvalue weighted by molar-refractivity contribution is 5.91. The van der Waals surface area contributed by atoms with Gasteiger partial charge >= 0.3 is 0 Å². The van der Waals surface area contributed by atoms with E-state index >= 15 is 0 Å². The maximum atomic E-state index is 11.7. The van der Waals surface area contributed by atoms with Crippen molar-refractivity contribution in [1.82, 2.24) is 5.32 Å². The van der Waals surface area contributed by atoms with Crippen molar-refractivity contribution in [1.29, 1.82) is 0 Å². The molecule has 3 N–H and O–H groups in total. The van der Waals surface area contributed by atoms with Gasteiger partial charge in [0.05, 0.1) is 6.26 Å².